The number of nitrogens with one attached hydrogen (secondary N) is 2. The molecule has 1 saturated heterocycles. The number of aliphatic hydroxyl groups is 1. The zero-order valence-electron chi connectivity index (χ0n) is 31.6. The van der Waals surface area contributed by atoms with Crippen LogP contribution in [0.15, 0.2) is 59.6 Å². The number of amides is 4. The van der Waals surface area contributed by atoms with Gasteiger partial charge in [0.05, 0.1) is 73.4 Å². The first-order chi connectivity index (χ1) is 28.3. The quantitative estimate of drug-likeness (QED) is 0.102. The van der Waals surface area contributed by atoms with Crippen molar-refractivity contribution >= 4 is 39.2 Å². The highest BCUT2D eigenvalue weighted by atomic mass is 32.2. The van der Waals surface area contributed by atoms with Crippen LogP contribution < -0.4 is 20.1 Å². The molecule has 59 heavy (non-hydrogen) atoms. The van der Waals surface area contributed by atoms with Crippen molar-refractivity contribution in [3.8, 4) is 23.3 Å². The maximum absolute atomic E-state index is 14.5. The summed E-state index contributed by atoms with van der Waals surface area (Å²) in [4.78, 5) is 51.1. The molecule has 1 aromatic heterocycles. The predicted molar refractivity (Wildman–Crippen MR) is 202 cm³/mol. The van der Waals surface area contributed by atoms with E-state index in [4.69, 9.17) is 18.9 Å². The summed E-state index contributed by atoms with van der Waals surface area (Å²) in [7, 11) is -3.74. The van der Waals surface area contributed by atoms with Gasteiger partial charge in [-0.15, -0.1) is 5.10 Å². The molecule has 4 amide bonds. The number of aromatic nitrogens is 3. The molecule has 0 saturated carbocycles. The minimum atomic E-state index is -3.74. The fourth-order valence-electron chi connectivity index (χ4n) is 7.05. The van der Waals surface area contributed by atoms with Gasteiger partial charge in [0.1, 0.15) is 47.9 Å². The number of ether oxygens (including phenoxy) is 4. The third kappa shape index (κ3) is 8.92. The summed E-state index contributed by atoms with van der Waals surface area (Å²) < 4.78 is 63.6. The van der Waals surface area contributed by atoms with E-state index in [1.54, 1.807) is 23.0 Å². The third-order valence-electron chi connectivity index (χ3n) is 9.80. The molecule has 1 unspecified atom stereocenters. The number of fused-ring (bicyclic) bond motifs is 2. The van der Waals surface area contributed by atoms with Crippen molar-refractivity contribution < 1.29 is 56.0 Å². The molecular formula is C39H38FN7O11S. The lowest BCUT2D eigenvalue weighted by Gasteiger charge is -2.27. The van der Waals surface area contributed by atoms with Gasteiger partial charge in [-0.05, 0) is 42.8 Å². The van der Waals surface area contributed by atoms with Crippen LogP contribution in [0.3, 0.4) is 0 Å². The van der Waals surface area contributed by atoms with E-state index in [1.165, 1.54) is 36.4 Å². The van der Waals surface area contributed by atoms with E-state index in [0.29, 0.717) is 30.3 Å². The Morgan fingerprint density at radius 2 is 1.78 bits per heavy atom. The zero-order chi connectivity index (χ0) is 41.8. The normalized spacial score (nSPS) is 18.7. The Kier molecular flexibility index (Phi) is 12.0. The second-order valence-electron chi connectivity index (χ2n) is 13.9. The lowest BCUT2D eigenvalue weighted by Crippen LogP contribution is -2.54. The van der Waals surface area contributed by atoms with Crippen molar-refractivity contribution in [2.45, 2.75) is 55.6 Å². The highest BCUT2D eigenvalue weighted by Crippen LogP contribution is 2.44. The summed E-state index contributed by atoms with van der Waals surface area (Å²) in [5, 5.41) is 33.5. The molecule has 20 heteroatoms. The van der Waals surface area contributed by atoms with Crippen molar-refractivity contribution in [3.05, 3.63) is 88.2 Å². The third-order valence-corrected chi connectivity index (χ3v) is 11.0. The lowest BCUT2D eigenvalue weighted by molar-refractivity contribution is -0.136. The van der Waals surface area contributed by atoms with E-state index in [2.05, 4.69) is 20.9 Å². The Hall–Kier alpha value is -6.27. The monoisotopic (exact) mass is 831 g/mol. The summed E-state index contributed by atoms with van der Waals surface area (Å²) in [6.45, 7) is 1.77. The van der Waals surface area contributed by atoms with Crippen molar-refractivity contribution in [3.63, 3.8) is 0 Å². The van der Waals surface area contributed by atoms with Crippen LogP contribution in [0, 0.1) is 11.3 Å². The van der Waals surface area contributed by atoms with E-state index in [0.717, 1.165) is 11.2 Å². The summed E-state index contributed by atoms with van der Waals surface area (Å²) in [5.74, 6) is -1.68. The van der Waals surface area contributed by atoms with E-state index < -0.39 is 51.8 Å². The van der Waals surface area contributed by atoms with Crippen LogP contribution in [-0.2, 0) is 48.4 Å². The average Bonchev–Trinajstić information content (AvgIpc) is 3.86. The summed E-state index contributed by atoms with van der Waals surface area (Å²) in [5.41, 5.74) is 1.70. The first-order valence-electron chi connectivity index (χ1n) is 18.5. The number of anilines is 1. The van der Waals surface area contributed by atoms with Crippen LogP contribution in [0.25, 0.3) is 0 Å². The number of nitriles is 1. The largest absolute Gasteiger partial charge is 0.491 e. The fraction of sp³-hybridized carbons (Fsp3) is 0.359. The molecule has 0 radical (unpaired) electrons. The molecule has 0 bridgehead atoms. The number of piperidine rings is 1. The lowest BCUT2D eigenvalue weighted by atomic mass is 10.0. The van der Waals surface area contributed by atoms with Crippen molar-refractivity contribution in [1.82, 2.24) is 25.2 Å². The molecule has 3 aliphatic rings. The predicted octanol–water partition coefficient (Wildman–Crippen LogP) is 2.40. The molecule has 2 aliphatic heterocycles. The SMILES string of the molecule is CS(=O)(=O)c1ccc(Oc2cc(C#N)cc(OCCOCCOCCn3cc(CNc4cccc5c4C(=O)N(C4CCC(=O)NC4=O)C5=O)nn3)c2)c2c1[C@H](O)[C@H](F)C2. The summed E-state index contributed by atoms with van der Waals surface area (Å²) >= 11 is 0. The number of carbonyl (C=O) groups is 4. The first kappa shape index (κ1) is 40.9. The number of hydrogen-bond acceptors (Lipinski definition) is 15. The Balaban J connectivity index is 0.824. The van der Waals surface area contributed by atoms with Crippen LogP contribution in [0.1, 0.15) is 62.0 Å². The molecule has 0 spiro atoms. The molecular weight excluding hydrogens is 794 g/mol. The van der Waals surface area contributed by atoms with Gasteiger partial charge in [-0.25, -0.2) is 17.5 Å². The van der Waals surface area contributed by atoms with E-state index in [-0.39, 0.29) is 96.4 Å². The van der Waals surface area contributed by atoms with E-state index in [9.17, 15) is 42.4 Å². The van der Waals surface area contributed by atoms with Gasteiger partial charge in [0.25, 0.3) is 11.8 Å². The van der Waals surface area contributed by atoms with Crippen molar-refractivity contribution in [1.29, 1.82) is 5.26 Å². The Labute approximate surface area is 336 Å². The van der Waals surface area contributed by atoms with Gasteiger partial charge < -0.3 is 29.4 Å². The smallest absolute Gasteiger partial charge is 0.264 e. The molecule has 1 aliphatic carbocycles. The number of benzene rings is 3. The molecule has 3 atom stereocenters. The zero-order valence-corrected chi connectivity index (χ0v) is 32.4. The number of sulfone groups is 1. The Bertz CT molecular complexity index is 2470. The van der Waals surface area contributed by atoms with Gasteiger partial charge in [0.2, 0.25) is 11.8 Å². The molecule has 18 nitrogen and oxygen atoms in total. The average molecular weight is 832 g/mol. The van der Waals surface area contributed by atoms with Crippen LogP contribution in [0.2, 0.25) is 0 Å². The molecule has 1 fully saturated rings. The topological polar surface area (TPSA) is 241 Å². The second-order valence-corrected chi connectivity index (χ2v) is 15.9. The van der Waals surface area contributed by atoms with Gasteiger partial charge in [-0.2, -0.15) is 5.26 Å². The summed E-state index contributed by atoms with van der Waals surface area (Å²) in [6.07, 6.45) is -0.758. The van der Waals surface area contributed by atoms with Crippen LogP contribution >= 0.6 is 0 Å². The van der Waals surface area contributed by atoms with Crippen molar-refractivity contribution in [2.24, 2.45) is 0 Å². The molecule has 3 heterocycles. The van der Waals surface area contributed by atoms with Gasteiger partial charge in [0.15, 0.2) is 9.84 Å². The number of hydrogen-bond donors (Lipinski definition) is 3. The van der Waals surface area contributed by atoms with Gasteiger partial charge in [-0.3, -0.25) is 29.4 Å². The Morgan fingerprint density at radius 1 is 1.02 bits per heavy atom. The maximum Gasteiger partial charge on any atom is 0.264 e. The van der Waals surface area contributed by atoms with Gasteiger partial charge in [0, 0.05) is 42.0 Å². The molecule has 7 rings (SSSR count). The van der Waals surface area contributed by atoms with Crippen LogP contribution in [0.4, 0.5) is 10.1 Å². The van der Waals surface area contributed by atoms with Crippen LogP contribution in [-0.4, -0.2) is 109 Å². The van der Waals surface area contributed by atoms with E-state index >= 15 is 0 Å². The van der Waals surface area contributed by atoms with E-state index in [1.807, 2.05) is 6.07 Å². The number of alkyl halides is 1. The highest BCUT2D eigenvalue weighted by molar-refractivity contribution is 7.90. The van der Waals surface area contributed by atoms with Gasteiger partial charge in [-0.1, -0.05) is 11.3 Å². The minimum Gasteiger partial charge on any atom is -0.491 e. The highest BCUT2D eigenvalue weighted by Gasteiger charge is 2.45. The van der Waals surface area contributed by atoms with Crippen LogP contribution in [0.5, 0.6) is 17.2 Å². The standard InChI is InChI=1S/C39H38FN7O11S/c1-59(53,54)32-7-6-31(27-18-28(40)36(49)35(27)32)58-25-16-22(19-41)15-24(17-25)57-14-13-56-12-11-55-10-9-46-21-23(44-45-46)20-42-29-4-2-3-26-34(29)39(52)47(38(26)51)30-5-8-33(48)43-37(30)50/h2-4,6-7,15-17,21,28,30,36,42,49H,5,8-14,18,20H2,1H3,(H,43,48,50)/t28-,30?,36-/m1/s1. The Morgan fingerprint density at radius 3 is 2.54 bits per heavy atom. The number of imide groups is 2. The number of aliphatic hydroxyl groups excluding tert-OH is 1. The minimum absolute atomic E-state index is 0.0275. The molecule has 3 N–H and O–H groups in total. The molecule has 3 aromatic carbocycles. The van der Waals surface area contributed by atoms with Crippen molar-refractivity contribution in [2.75, 3.05) is 44.6 Å². The number of halogens is 1. The molecule has 4 aromatic rings. The number of rotatable bonds is 17. The first-order valence-corrected chi connectivity index (χ1v) is 20.4. The number of carbonyl (C=O) groups excluding carboxylic acids is 4. The summed E-state index contributed by atoms with van der Waals surface area (Å²) in [6, 6.07) is 12.9. The number of nitrogens with zero attached hydrogens (tertiary/aromatic N) is 5. The van der Waals surface area contributed by atoms with Gasteiger partial charge >= 0.3 is 0 Å². The molecule has 308 valence electrons. The fourth-order valence-corrected chi connectivity index (χ4v) is 8.00. The maximum atomic E-state index is 14.5. The second kappa shape index (κ2) is 17.3.